The molecule has 2 N–H and O–H groups in total. The van der Waals surface area contributed by atoms with Gasteiger partial charge in [0, 0.05) is 12.5 Å². The molecule has 4 rings (SSSR count). The minimum absolute atomic E-state index is 0.143. The smallest absolute Gasteiger partial charge is 0.325 e. The van der Waals surface area contributed by atoms with Gasteiger partial charge in [-0.15, -0.1) is 0 Å². The number of rotatable bonds is 1. The number of imide groups is 1. The first kappa shape index (κ1) is 15.6. The van der Waals surface area contributed by atoms with E-state index in [4.69, 9.17) is 0 Å². The Labute approximate surface area is 142 Å². The van der Waals surface area contributed by atoms with E-state index in [-0.39, 0.29) is 23.5 Å². The van der Waals surface area contributed by atoms with Gasteiger partial charge in [0.15, 0.2) is 5.54 Å². The van der Waals surface area contributed by atoms with Crippen LogP contribution in [-0.4, -0.2) is 35.1 Å². The minimum Gasteiger partial charge on any atom is -0.393 e. The Morgan fingerprint density at radius 3 is 2.58 bits per heavy atom. The van der Waals surface area contributed by atoms with Crippen LogP contribution >= 0.6 is 0 Å². The normalized spacial score (nSPS) is 35.0. The summed E-state index contributed by atoms with van der Waals surface area (Å²) in [6.07, 6.45) is 4.26. The molecule has 3 aliphatic rings. The number of carbonyl (C=O) groups is 2. The van der Waals surface area contributed by atoms with E-state index < -0.39 is 5.54 Å². The maximum Gasteiger partial charge on any atom is 0.325 e. The molecule has 0 aromatic heterocycles. The number of aryl methyl sites for hydroxylation is 1. The number of amides is 3. The number of likely N-dealkylation sites (N-methyl/N-ethyl adjacent to an activating group) is 1. The second kappa shape index (κ2) is 5.06. The van der Waals surface area contributed by atoms with Crippen molar-refractivity contribution in [3.05, 3.63) is 34.9 Å². The zero-order valence-corrected chi connectivity index (χ0v) is 14.3. The number of hydrogen-bond donors (Lipinski definition) is 2. The maximum atomic E-state index is 13.2. The zero-order valence-electron chi connectivity index (χ0n) is 14.3. The van der Waals surface area contributed by atoms with Crippen LogP contribution in [0.2, 0.25) is 0 Å². The van der Waals surface area contributed by atoms with Gasteiger partial charge in [0.2, 0.25) is 0 Å². The number of urea groups is 1. The van der Waals surface area contributed by atoms with Crippen molar-refractivity contribution in [2.45, 2.75) is 57.1 Å². The molecule has 5 heteroatoms. The van der Waals surface area contributed by atoms with E-state index >= 15 is 0 Å². The van der Waals surface area contributed by atoms with Gasteiger partial charge in [-0.25, -0.2) is 4.79 Å². The lowest BCUT2D eigenvalue weighted by molar-refractivity contribution is -0.137. The number of nitrogens with one attached hydrogen (secondary N) is 1. The number of carbonyl (C=O) groups excluding carboxylic acids is 2. The molecule has 3 amide bonds. The number of benzene rings is 1. The summed E-state index contributed by atoms with van der Waals surface area (Å²) in [6.45, 7) is 2.09. The average Bonchev–Trinajstić information content (AvgIpc) is 2.98. The fraction of sp³-hybridized carbons (Fsp3) is 0.579. The number of hydrogen-bond acceptors (Lipinski definition) is 3. The van der Waals surface area contributed by atoms with Crippen molar-refractivity contribution in [2.24, 2.45) is 5.41 Å². The summed E-state index contributed by atoms with van der Waals surface area (Å²) in [6, 6.07) is 6.02. The van der Waals surface area contributed by atoms with E-state index in [2.05, 4.69) is 30.4 Å². The molecule has 1 saturated heterocycles. The molecular weight excluding hydrogens is 304 g/mol. The summed E-state index contributed by atoms with van der Waals surface area (Å²) >= 11 is 0. The Balaban J connectivity index is 1.91. The van der Waals surface area contributed by atoms with Crippen LogP contribution in [-0.2, 0) is 23.2 Å². The van der Waals surface area contributed by atoms with E-state index in [0.717, 1.165) is 36.8 Å². The summed E-state index contributed by atoms with van der Waals surface area (Å²) in [5.74, 6) is -0.143. The Kier molecular flexibility index (Phi) is 3.29. The SMILES string of the molecule is CCc1ccc2c(c1)C1(NC(=O)N(C)C1=O)C1(CCC(O)CC1)C2. The predicted octanol–water partition coefficient (Wildman–Crippen LogP) is 2.10. The summed E-state index contributed by atoms with van der Waals surface area (Å²) in [7, 11) is 1.56. The number of fused-ring (bicyclic) bond motifs is 3. The van der Waals surface area contributed by atoms with Crippen LogP contribution in [0.25, 0.3) is 0 Å². The molecule has 1 aromatic rings. The highest BCUT2D eigenvalue weighted by Crippen LogP contribution is 2.59. The summed E-state index contributed by atoms with van der Waals surface area (Å²) in [4.78, 5) is 26.8. The second-order valence-electron chi connectivity index (χ2n) is 7.58. The van der Waals surface area contributed by atoms with Gasteiger partial charge in [0.1, 0.15) is 0 Å². The van der Waals surface area contributed by atoms with E-state index in [0.29, 0.717) is 12.8 Å². The van der Waals surface area contributed by atoms with E-state index in [9.17, 15) is 14.7 Å². The molecule has 2 aliphatic carbocycles. The maximum absolute atomic E-state index is 13.2. The number of nitrogens with zero attached hydrogens (tertiary/aromatic N) is 1. The van der Waals surface area contributed by atoms with Crippen molar-refractivity contribution in [3.63, 3.8) is 0 Å². The quantitative estimate of drug-likeness (QED) is 0.776. The van der Waals surface area contributed by atoms with Gasteiger partial charge in [0.25, 0.3) is 5.91 Å². The van der Waals surface area contributed by atoms with Crippen molar-refractivity contribution >= 4 is 11.9 Å². The third-order valence-electron chi connectivity index (χ3n) is 6.45. The van der Waals surface area contributed by atoms with Crippen molar-refractivity contribution in [2.75, 3.05) is 7.05 Å². The average molecular weight is 328 g/mol. The Hall–Kier alpha value is -1.88. The topological polar surface area (TPSA) is 69.6 Å². The van der Waals surface area contributed by atoms with Crippen LogP contribution < -0.4 is 5.32 Å². The zero-order chi connectivity index (χ0) is 17.1. The van der Waals surface area contributed by atoms with Gasteiger partial charge in [0.05, 0.1) is 6.10 Å². The van der Waals surface area contributed by atoms with Gasteiger partial charge in [-0.1, -0.05) is 25.1 Å². The van der Waals surface area contributed by atoms with Crippen molar-refractivity contribution in [1.29, 1.82) is 0 Å². The number of aliphatic hydroxyl groups is 1. The lowest BCUT2D eigenvalue weighted by Gasteiger charge is -2.45. The first-order chi connectivity index (χ1) is 11.4. The fourth-order valence-electron chi connectivity index (χ4n) is 5.02. The molecule has 2 fully saturated rings. The lowest BCUT2D eigenvalue weighted by atomic mass is 9.61. The molecule has 1 aromatic carbocycles. The van der Waals surface area contributed by atoms with Crippen LogP contribution in [0.15, 0.2) is 18.2 Å². The van der Waals surface area contributed by atoms with Crippen molar-refractivity contribution in [1.82, 2.24) is 10.2 Å². The summed E-state index contributed by atoms with van der Waals surface area (Å²) < 4.78 is 0. The molecule has 2 spiro atoms. The minimum atomic E-state index is -0.959. The van der Waals surface area contributed by atoms with Gasteiger partial charge >= 0.3 is 6.03 Å². The van der Waals surface area contributed by atoms with E-state index in [1.165, 1.54) is 10.5 Å². The molecule has 1 atom stereocenters. The third kappa shape index (κ3) is 1.79. The highest BCUT2D eigenvalue weighted by Gasteiger charge is 2.67. The fourth-order valence-corrected chi connectivity index (χ4v) is 5.02. The molecule has 24 heavy (non-hydrogen) atoms. The Morgan fingerprint density at radius 2 is 2.00 bits per heavy atom. The first-order valence-corrected chi connectivity index (χ1v) is 8.84. The molecule has 5 nitrogen and oxygen atoms in total. The molecule has 128 valence electrons. The number of aliphatic hydroxyl groups excluding tert-OH is 1. The van der Waals surface area contributed by atoms with E-state index in [1.807, 2.05) is 0 Å². The highest BCUT2D eigenvalue weighted by molar-refractivity contribution is 6.08. The predicted molar refractivity (Wildman–Crippen MR) is 89.4 cm³/mol. The second-order valence-corrected chi connectivity index (χ2v) is 7.58. The van der Waals surface area contributed by atoms with Crippen molar-refractivity contribution < 1.29 is 14.7 Å². The monoisotopic (exact) mass is 328 g/mol. The summed E-state index contributed by atoms with van der Waals surface area (Å²) in [5, 5.41) is 13.0. The molecular formula is C19H24N2O3. The van der Waals surface area contributed by atoms with Crippen LogP contribution in [0, 0.1) is 5.41 Å². The molecule has 1 aliphatic heterocycles. The summed E-state index contributed by atoms with van der Waals surface area (Å²) in [5.41, 5.74) is 2.03. The molecule has 0 radical (unpaired) electrons. The van der Waals surface area contributed by atoms with Gasteiger partial charge in [-0.05, 0) is 55.2 Å². The van der Waals surface area contributed by atoms with Crippen LogP contribution in [0.1, 0.15) is 49.3 Å². The van der Waals surface area contributed by atoms with Gasteiger partial charge in [-0.3, -0.25) is 9.69 Å². The molecule has 1 saturated carbocycles. The standard InChI is InChI=1S/C19H24N2O3/c1-3-12-4-5-13-11-18(8-6-14(22)7-9-18)19(15(13)10-12)16(23)21(2)17(24)20-19/h4-5,10,14,22H,3,6-9,11H2,1-2H3,(H,20,24). The van der Waals surface area contributed by atoms with E-state index in [1.54, 1.807) is 7.05 Å². The van der Waals surface area contributed by atoms with Gasteiger partial charge < -0.3 is 10.4 Å². The molecule has 1 heterocycles. The first-order valence-electron chi connectivity index (χ1n) is 8.84. The van der Waals surface area contributed by atoms with Gasteiger partial charge in [-0.2, -0.15) is 0 Å². The molecule has 0 bridgehead atoms. The highest BCUT2D eigenvalue weighted by atomic mass is 16.3. The lowest BCUT2D eigenvalue weighted by Crippen LogP contribution is -2.56. The van der Waals surface area contributed by atoms with Crippen molar-refractivity contribution in [3.8, 4) is 0 Å². The Bertz CT molecular complexity index is 721. The van der Waals surface area contributed by atoms with Crippen LogP contribution in [0.3, 0.4) is 0 Å². The van der Waals surface area contributed by atoms with Crippen LogP contribution in [0.4, 0.5) is 4.79 Å². The molecule has 1 unspecified atom stereocenters. The largest absolute Gasteiger partial charge is 0.393 e. The third-order valence-corrected chi connectivity index (χ3v) is 6.45. The van der Waals surface area contributed by atoms with Crippen LogP contribution in [0.5, 0.6) is 0 Å². The Morgan fingerprint density at radius 1 is 1.29 bits per heavy atom.